The molecule has 0 aliphatic heterocycles. The van der Waals surface area contributed by atoms with Crippen molar-refractivity contribution in [3.05, 3.63) is 34.9 Å². The van der Waals surface area contributed by atoms with Gasteiger partial charge in [0.1, 0.15) is 17.7 Å². The number of hydrogen-bond donors (Lipinski definition) is 2. The molecule has 0 aromatic heterocycles. The number of nitrogens with one attached hydrogen (secondary N) is 1. The van der Waals surface area contributed by atoms with E-state index in [9.17, 15) is 13.6 Å². The molecule has 0 fully saturated rings. The Morgan fingerprint density at radius 3 is 2.35 bits per heavy atom. The van der Waals surface area contributed by atoms with E-state index >= 15 is 0 Å². The summed E-state index contributed by atoms with van der Waals surface area (Å²) in [5.41, 5.74) is 0.374. The van der Waals surface area contributed by atoms with E-state index in [2.05, 4.69) is 5.32 Å². The molecule has 0 spiro atoms. The summed E-state index contributed by atoms with van der Waals surface area (Å²) in [7, 11) is 0. The lowest BCUT2D eigenvalue weighted by Gasteiger charge is -2.22. The van der Waals surface area contributed by atoms with Gasteiger partial charge in [0.2, 0.25) is 0 Å². The molecule has 2 atom stereocenters. The summed E-state index contributed by atoms with van der Waals surface area (Å²) >= 11 is 0. The molecule has 1 rings (SSSR count). The summed E-state index contributed by atoms with van der Waals surface area (Å²) in [6, 6.07) is 0.885. The van der Waals surface area contributed by atoms with E-state index in [1.807, 2.05) is 13.8 Å². The van der Waals surface area contributed by atoms with Crippen molar-refractivity contribution in [3.8, 4) is 0 Å². The van der Waals surface area contributed by atoms with Crippen molar-refractivity contribution in [3.63, 3.8) is 0 Å². The molecule has 1 aromatic rings. The largest absolute Gasteiger partial charge is 0.480 e. The third-order valence-corrected chi connectivity index (χ3v) is 3.20. The molecule has 0 aliphatic rings. The molecule has 3 nitrogen and oxygen atoms in total. The minimum Gasteiger partial charge on any atom is -0.480 e. The van der Waals surface area contributed by atoms with Gasteiger partial charge in [-0.1, -0.05) is 13.8 Å². The summed E-state index contributed by atoms with van der Waals surface area (Å²) in [5, 5.41) is 12.0. The molecule has 0 aliphatic carbocycles. The number of benzene rings is 1. The van der Waals surface area contributed by atoms with E-state index in [4.69, 9.17) is 5.11 Å². The normalized spacial score (nSPS) is 14.3. The highest BCUT2D eigenvalue weighted by Gasteiger charge is 2.23. The Kier molecular flexibility index (Phi) is 5.62. The van der Waals surface area contributed by atoms with Gasteiger partial charge in [0.15, 0.2) is 0 Å². The SMILES string of the molecule is Cc1cc(F)c(C(C)NC(CC(C)C)C(=O)O)cc1F. The lowest BCUT2D eigenvalue weighted by molar-refractivity contribution is -0.140. The van der Waals surface area contributed by atoms with Crippen molar-refractivity contribution in [2.45, 2.75) is 46.2 Å². The summed E-state index contributed by atoms with van der Waals surface area (Å²) in [6.45, 7) is 6.94. The first-order chi connectivity index (χ1) is 9.22. The van der Waals surface area contributed by atoms with Crippen molar-refractivity contribution in [1.82, 2.24) is 5.32 Å². The monoisotopic (exact) mass is 285 g/mol. The van der Waals surface area contributed by atoms with Crippen LogP contribution in [0.5, 0.6) is 0 Å². The predicted octanol–water partition coefficient (Wildman–Crippen LogP) is 3.42. The summed E-state index contributed by atoms with van der Waals surface area (Å²) in [6.07, 6.45) is 0.426. The number of carbonyl (C=O) groups is 1. The zero-order valence-corrected chi connectivity index (χ0v) is 12.2. The van der Waals surface area contributed by atoms with E-state index in [0.717, 1.165) is 12.1 Å². The van der Waals surface area contributed by atoms with Gasteiger partial charge >= 0.3 is 5.97 Å². The quantitative estimate of drug-likeness (QED) is 0.842. The standard InChI is InChI=1S/C15H21F2NO2/c1-8(2)5-14(15(19)20)18-10(4)11-7-12(16)9(3)6-13(11)17/h6-8,10,14,18H,5H2,1-4H3,(H,19,20). The average Bonchev–Trinajstić information content (AvgIpc) is 2.32. The maximum atomic E-state index is 13.8. The molecule has 0 bridgehead atoms. The van der Waals surface area contributed by atoms with Gasteiger partial charge in [-0.05, 0) is 43.9 Å². The highest BCUT2D eigenvalue weighted by Crippen LogP contribution is 2.22. The molecule has 112 valence electrons. The van der Waals surface area contributed by atoms with Crippen molar-refractivity contribution >= 4 is 5.97 Å². The minimum absolute atomic E-state index is 0.142. The maximum absolute atomic E-state index is 13.8. The van der Waals surface area contributed by atoms with Crippen LogP contribution in [0.2, 0.25) is 0 Å². The van der Waals surface area contributed by atoms with Crippen LogP contribution in [-0.2, 0) is 4.79 Å². The number of hydrogen-bond acceptors (Lipinski definition) is 2. The molecular formula is C15H21F2NO2. The Balaban J connectivity index is 2.91. The molecule has 5 heteroatoms. The Hall–Kier alpha value is -1.49. The molecule has 0 saturated carbocycles. The summed E-state index contributed by atoms with van der Waals surface area (Å²) < 4.78 is 27.4. The lowest BCUT2D eigenvalue weighted by Crippen LogP contribution is -2.39. The van der Waals surface area contributed by atoms with E-state index in [1.54, 1.807) is 6.92 Å². The summed E-state index contributed by atoms with van der Waals surface area (Å²) in [4.78, 5) is 11.2. The Labute approximate surface area is 118 Å². The van der Waals surface area contributed by atoms with Crippen LogP contribution in [0.4, 0.5) is 8.78 Å². The second kappa shape index (κ2) is 6.79. The van der Waals surface area contributed by atoms with Gasteiger partial charge in [-0.3, -0.25) is 10.1 Å². The number of aliphatic carboxylic acids is 1. The maximum Gasteiger partial charge on any atom is 0.320 e. The van der Waals surface area contributed by atoms with Crippen LogP contribution in [0, 0.1) is 24.5 Å². The van der Waals surface area contributed by atoms with Gasteiger partial charge in [0, 0.05) is 11.6 Å². The topological polar surface area (TPSA) is 49.3 Å². The lowest BCUT2D eigenvalue weighted by atomic mass is 10.0. The fourth-order valence-corrected chi connectivity index (χ4v) is 2.10. The second-order valence-electron chi connectivity index (χ2n) is 5.53. The van der Waals surface area contributed by atoms with E-state index in [-0.39, 0.29) is 17.0 Å². The first kappa shape index (κ1) is 16.6. The fourth-order valence-electron chi connectivity index (χ4n) is 2.10. The highest BCUT2D eigenvalue weighted by atomic mass is 19.1. The molecule has 2 unspecified atom stereocenters. The van der Waals surface area contributed by atoms with Crippen LogP contribution < -0.4 is 5.32 Å². The third kappa shape index (κ3) is 4.27. The van der Waals surface area contributed by atoms with Gasteiger partial charge in [-0.15, -0.1) is 0 Å². The van der Waals surface area contributed by atoms with Gasteiger partial charge in [-0.2, -0.15) is 0 Å². The molecule has 20 heavy (non-hydrogen) atoms. The Morgan fingerprint density at radius 2 is 1.85 bits per heavy atom. The number of rotatable bonds is 6. The van der Waals surface area contributed by atoms with Crippen LogP contribution in [0.1, 0.15) is 44.4 Å². The number of carboxylic acids is 1. The number of carboxylic acid groups (broad SMARTS) is 1. The first-order valence-corrected chi connectivity index (χ1v) is 6.66. The molecule has 0 radical (unpaired) electrons. The van der Waals surface area contributed by atoms with Crippen LogP contribution >= 0.6 is 0 Å². The van der Waals surface area contributed by atoms with Crippen molar-refractivity contribution < 1.29 is 18.7 Å². The van der Waals surface area contributed by atoms with Gasteiger partial charge < -0.3 is 5.11 Å². The highest BCUT2D eigenvalue weighted by molar-refractivity contribution is 5.73. The van der Waals surface area contributed by atoms with E-state index < -0.39 is 29.7 Å². The van der Waals surface area contributed by atoms with Crippen molar-refractivity contribution in [2.75, 3.05) is 0 Å². The van der Waals surface area contributed by atoms with Gasteiger partial charge in [-0.25, -0.2) is 8.78 Å². The van der Waals surface area contributed by atoms with E-state index in [1.165, 1.54) is 6.92 Å². The smallest absolute Gasteiger partial charge is 0.320 e. The zero-order valence-electron chi connectivity index (χ0n) is 12.2. The van der Waals surface area contributed by atoms with Crippen molar-refractivity contribution in [2.24, 2.45) is 5.92 Å². The Morgan fingerprint density at radius 1 is 1.25 bits per heavy atom. The number of halogens is 2. The van der Waals surface area contributed by atoms with Gasteiger partial charge in [0.25, 0.3) is 0 Å². The van der Waals surface area contributed by atoms with Gasteiger partial charge in [0.05, 0.1) is 0 Å². The molecule has 2 N–H and O–H groups in total. The minimum atomic E-state index is -0.987. The van der Waals surface area contributed by atoms with Crippen LogP contribution in [-0.4, -0.2) is 17.1 Å². The molecule has 0 heterocycles. The first-order valence-electron chi connectivity index (χ1n) is 6.66. The van der Waals surface area contributed by atoms with Crippen LogP contribution in [0.25, 0.3) is 0 Å². The third-order valence-electron chi connectivity index (χ3n) is 3.20. The van der Waals surface area contributed by atoms with E-state index in [0.29, 0.717) is 6.42 Å². The van der Waals surface area contributed by atoms with Crippen LogP contribution in [0.15, 0.2) is 12.1 Å². The zero-order chi connectivity index (χ0) is 15.4. The average molecular weight is 285 g/mol. The van der Waals surface area contributed by atoms with Crippen LogP contribution in [0.3, 0.4) is 0 Å². The molecule has 1 aromatic carbocycles. The molecular weight excluding hydrogens is 264 g/mol. The molecule has 0 amide bonds. The number of aryl methyl sites for hydroxylation is 1. The Bertz CT molecular complexity index is 489. The molecule has 0 saturated heterocycles. The predicted molar refractivity (Wildman–Crippen MR) is 73.5 cm³/mol. The summed E-state index contributed by atoms with van der Waals surface area (Å²) in [5.74, 6) is -1.82. The second-order valence-corrected chi connectivity index (χ2v) is 5.53. The van der Waals surface area contributed by atoms with Crippen molar-refractivity contribution in [1.29, 1.82) is 0 Å². The fraction of sp³-hybridized carbons (Fsp3) is 0.533.